The summed E-state index contributed by atoms with van der Waals surface area (Å²) in [4.78, 5) is 12.9. The number of sulfonamides is 1. The fourth-order valence-corrected chi connectivity index (χ4v) is 5.99. The van der Waals surface area contributed by atoms with Gasteiger partial charge in [-0.25, -0.2) is 8.42 Å². The molecule has 8 heteroatoms. The quantitative estimate of drug-likeness (QED) is 0.389. The minimum absolute atomic E-state index is 0.0991. The van der Waals surface area contributed by atoms with Crippen molar-refractivity contribution in [2.24, 2.45) is 5.92 Å². The van der Waals surface area contributed by atoms with Gasteiger partial charge >= 0.3 is 0 Å². The molecule has 3 rings (SSSR count). The predicted molar refractivity (Wildman–Crippen MR) is 136 cm³/mol. The fraction of sp³-hybridized carbons (Fsp3) is 0.444. The summed E-state index contributed by atoms with van der Waals surface area (Å²) >= 11 is 0. The third-order valence-electron chi connectivity index (χ3n) is 6.16. The minimum atomic E-state index is -3.98. The van der Waals surface area contributed by atoms with Gasteiger partial charge in [-0.05, 0) is 62.3 Å². The number of carbonyl (C=O) groups is 1. The molecular weight excluding hydrogens is 464 g/mol. The van der Waals surface area contributed by atoms with Crippen LogP contribution < -0.4 is 5.32 Å². The second-order valence-electron chi connectivity index (χ2n) is 9.39. The fourth-order valence-electron chi connectivity index (χ4n) is 4.35. The van der Waals surface area contributed by atoms with Crippen LogP contribution in [0.4, 0.5) is 0 Å². The number of carbonyl (C=O) groups excluding carboxylic acids is 1. The third kappa shape index (κ3) is 8.00. The number of nitrogens with zero attached hydrogens (tertiary/aromatic N) is 1. The molecule has 0 spiro atoms. The number of hydrogen-bond acceptors (Lipinski definition) is 5. The van der Waals surface area contributed by atoms with Crippen LogP contribution in [-0.4, -0.2) is 60.2 Å². The summed E-state index contributed by atoms with van der Waals surface area (Å²) in [7, 11) is -3.98. The molecule has 4 atom stereocenters. The number of hydrogen-bond donors (Lipinski definition) is 3. The van der Waals surface area contributed by atoms with Crippen LogP contribution in [0.3, 0.4) is 0 Å². The number of allylic oxidation sites excluding steroid dienone is 2. The summed E-state index contributed by atoms with van der Waals surface area (Å²) in [5.74, 6) is 0.00287. The molecular formula is C27H36N2O5S. The lowest BCUT2D eigenvalue weighted by Crippen LogP contribution is -2.51. The van der Waals surface area contributed by atoms with Crippen LogP contribution in [0.15, 0.2) is 71.6 Å². The Morgan fingerprint density at radius 3 is 2.49 bits per heavy atom. The van der Waals surface area contributed by atoms with Crippen LogP contribution in [0.5, 0.6) is 0 Å². The van der Waals surface area contributed by atoms with E-state index in [1.165, 1.54) is 13.0 Å². The zero-order valence-corrected chi connectivity index (χ0v) is 21.2. The molecule has 0 saturated heterocycles. The summed E-state index contributed by atoms with van der Waals surface area (Å²) in [6.45, 7) is 2.87. The highest BCUT2D eigenvalue weighted by molar-refractivity contribution is 7.89. The van der Waals surface area contributed by atoms with Crippen molar-refractivity contribution in [2.75, 3.05) is 13.1 Å². The average Bonchev–Trinajstić information content (AvgIpc) is 3.31. The van der Waals surface area contributed by atoms with E-state index in [9.17, 15) is 23.4 Å². The van der Waals surface area contributed by atoms with Crippen molar-refractivity contribution < 1.29 is 23.4 Å². The van der Waals surface area contributed by atoms with Crippen molar-refractivity contribution in [3.63, 3.8) is 0 Å². The lowest BCUT2D eigenvalue weighted by atomic mass is 9.99. The molecule has 0 unspecified atom stereocenters. The highest BCUT2D eigenvalue weighted by atomic mass is 32.2. The van der Waals surface area contributed by atoms with Gasteiger partial charge in [0.25, 0.3) is 0 Å². The van der Waals surface area contributed by atoms with Gasteiger partial charge in [0.05, 0.1) is 23.1 Å². The number of aryl methyl sites for hydroxylation is 1. The predicted octanol–water partition coefficient (Wildman–Crippen LogP) is 2.81. The van der Waals surface area contributed by atoms with Gasteiger partial charge in [-0.1, -0.05) is 54.6 Å². The standard InChI is InChI=1S/C27H36N2O5S/c1-20-9-8-14-24(15-20)35(33,34)29(18-21(2)30)19-26(31)25(16-22-10-4-3-5-11-22)28-27(32)17-23-12-6-7-13-23/h3-6,8-12,14-15,21,23,25-26,30-31H,7,13,16-19H2,1-2H3,(H,28,32)/t21-,23-,25-,26+/m0/s1. The first-order valence-corrected chi connectivity index (χ1v) is 13.5. The summed E-state index contributed by atoms with van der Waals surface area (Å²) in [6, 6.07) is 15.3. The molecule has 2 aromatic carbocycles. The number of rotatable bonds is 12. The first-order valence-electron chi connectivity index (χ1n) is 12.1. The van der Waals surface area contributed by atoms with E-state index in [0.717, 1.165) is 28.3 Å². The summed E-state index contributed by atoms with van der Waals surface area (Å²) < 4.78 is 27.9. The molecule has 35 heavy (non-hydrogen) atoms. The lowest BCUT2D eigenvalue weighted by molar-refractivity contribution is -0.123. The molecule has 0 heterocycles. The molecule has 0 aliphatic heterocycles. The lowest BCUT2D eigenvalue weighted by Gasteiger charge is -2.30. The van der Waals surface area contributed by atoms with E-state index in [-0.39, 0.29) is 29.8 Å². The zero-order valence-electron chi connectivity index (χ0n) is 20.4. The van der Waals surface area contributed by atoms with Crippen LogP contribution in [0.1, 0.15) is 37.3 Å². The third-order valence-corrected chi connectivity index (χ3v) is 7.98. The van der Waals surface area contributed by atoms with E-state index in [1.54, 1.807) is 25.1 Å². The number of benzene rings is 2. The van der Waals surface area contributed by atoms with Crippen molar-refractivity contribution >= 4 is 15.9 Å². The monoisotopic (exact) mass is 500 g/mol. The summed E-state index contributed by atoms with van der Waals surface area (Å²) in [6.07, 6.45) is 4.55. The van der Waals surface area contributed by atoms with Crippen molar-refractivity contribution in [3.05, 3.63) is 77.9 Å². The van der Waals surface area contributed by atoms with E-state index in [1.807, 2.05) is 36.4 Å². The Morgan fingerprint density at radius 2 is 1.86 bits per heavy atom. The minimum Gasteiger partial charge on any atom is -0.392 e. The maximum atomic E-state index is 13.4. The van der Waals surface area contributed by atoms with Crippen molar-refractivity contribution in [2.45, 2.75) is 62.7 Å². The molecule has 0 radical (unpaired) electrons. The summed E-state index contributed by atoms with van der Waals surface area (Å²) in [5.41, 5.74) is 1.71. The Hall–Kier alpha value is -2.52. The van der Waals surface area contributed by atoms with Gasteiger partial charge in [-0.15, -0.1) is 0 Å². The molecule has 190 valence electrons. The smallest absolute Gasteiger partial charge is 0.243 e. The van der Waals surface area contributed by atoms with Crippen LogP contribution in [-0.2, 0) is 21.2 Å². The zero-order chi connectivity index (χ0) is 25.4. The first kappa shape index (κ1) is 27.1. The van der Waals surface area contributed by atoms with Crippen molar-refractivity contribution in [1.29, 1.82) is 0 Å². The molecule has 1 aliphatic rings. The Bertz CT molecular complexity index is 1100. The van der Waals surface area contributed by atoms with E-state index in [4.69, 9.17) is 0 Å². The van der Waals surface area contributed by atoms with Crippen LogP contribution in [0.2, 0.25) is 0 Å². The molecule has 1 aliphatic carbocycles. The van der Waals surface area contributed by atoms with Crippen LogP contribution in [0.25, 0.3) is 0 Å². The Labute approximate surface area is 208 Å². The van der Waals surface area contributed by atoms with Gasteiger partial charge in [0, 0.05) is 19.5 Å². The normalized spacial score (nSPS) is 18.4. The number of nitrogens with one attached hydrogen (secondary N) is 1. The van der Waals surface area contributed by atoms with Gasteiger partial charge in [-0.3, -0.25) is 4.79 Å². The van der Waals surface area contributed by atoms with Gasteiger partial charge in [-0.2, -0.15) is 4.31 Å². The molecule has 2 aromatic rings. The average molecular weight is 501 g/mol. The molecule has 0 saturated carbocycles. The van der Waals surface area contributed by atoms with E-state index >= 15 is 0 Å². The highest BCUT2D eigenvalue weighted by Crippen LogP contribution is 2.21. The Balaban J connectivity index is 1.81. The number of aliphatic hydroxyl groups excluding tert-OH is 2. The topological polar surface area (TPSA) is 107 Å². The second kappa shape index (κ2) is 12.4. The SMILES string of the molecule is Cc1cccc(S(=O)(=O)N(C[C@H](C)O)C[C@@H](O)[C@H](Cc2ccccc2)NC(=O)C[C@H]2C=CCC2)c1. The molecule has 1 amide bonds. The maximum Gasteiger partial charge on any atom is 0.243 e. The van der Waals surface area contributed by atoms with Crippen LogP contribution >= 0.6 is 0 Å². The van der Waals surface area contributed by atoms with Gasteiger partial charge in [0.15, 0.2) is 0 Å². The van der Waals surface area contributed by atoms with E-state index in [2.05, 4.69) is 11.4 Å². The van der Waals surface area contributed by atoms with Gasteiger partial charge in [0.2, 0.25) is 15.9 Å². The molecule has 3 N–H and O–H groups in total. The number of aliphatic hydroxyl groups is 2. The Morgan fingerprint density at radius 1 is 1.11 bits per heavy atom. The van der Waals surface area contributed by atoms with E-state index < -0.39 is 28.3 Å². The largest absolute Gasteiger partial charge is 0.392 e. The molecule has 0 aromatic heterocycles. The first-order chi connectivity index (χ1) is 16.6. The van der Waals surface area contributed by atoms with Crippen LogP contribution in [0, 0.1) is 12.8 Å². The molecule has 0 bridgehead atoms. The molecule has 7 nitrogen and oxygen atoms in total. The van der Waals surface area contributed by atoms with Gasteiger partial charge in [0.1, 0.15) is 0 Å². The second-order valence-corrected chi connectivity index (χ2v) is 11.3. The maximum absolute atomic E-state index is 13.4. The number of amides is 1. The molecule has 0 fully saturated rings. The highest BCUT2D eigenvalue weighted by Gasteiger charge is 2.32. The van der Waals surface area contributed by atoms with E-state index in [0.29, 0.717) is 12.8 Å². The summed E-state index contributed by atoms with van der Waals surface area (Å²) in [5, 5.41) is 24.2. The van der Waals surface area contributed by atoms with Gasteiger partial charge < -0.3 is 15.5 Å². The van der Waals surface area contributed by atoms with Crippen molar-refractivity contribution in [1.82, 2.24) is 9.62 Å². The Kier molecular flexibility index (Phi) is 9.63. The van der Waals surface area contributed by atoms with Crippen molar-refractivity contribution in [3.8, 4) is 0 Å².